The molecule has 5 aromatic rings. The van der Waals surface area contributed by atoms with Crippen molar-refractivity contribution in [2.75, 3.05) is 13.7 Å². The van der Waals surface area contributed by atoms with Crippen molar-refractivity contribution >= 4 is 11.5 Å². The van der Waals surface area contributed by atoms with Crippen molar-refractivity contribution in [1.82, 2.24) is 0 Å². The van der Waals surface area contributed by atoms with Gasteiger partial charge < -0.3 is 38.6 Å². The number of hydrogen-bond acceptors (Lipinski definition) is 9. The van der Waals surface area contributed by atoms with E-state index < -0.39 is 24.1 Å². The average molecular weight is 701 g/mol. The molecule has 52 heavy (non-hydrogen) atoms. The molecule has 0 aromatic heterocycles. The molecule has 2 heterocycles. The largest absolute Gasteiger partial charge is 0.507 e. The predicted octanol–water partition coefficient (Wildman–Crippen LogP) is 8.15. The summed E-state index contributed by atoms with van der Waals surface area (Å²) >= 11 is 0. The van der Waals surface area contributed by atoms with Gasteiger partial charge in [-0.05, 0) is 41.0 Å². The van der Waals surface area contributed by atoms with Crippen molar-refractivity contribution in [3.63, 3.8) is 0 Å². The molecule has 7 rings (SSSR count). The predicted molar refractivity (Wildman–Crippen MR) is 195 cm³/mol. The highest BCUT2D eigenvalue weighted by Gasteiger charge is 2.49. The summed E-state index contributed by atoms with van der Waals surface area (Å²) in [6, 6.07) is 37.7. The molecule has 1 saturated heterocycles. The molecule has 266 valence electrons. The normalized spacial score (nSPS) is 19.3. The first-order chi connectivity index (χ1) is 25.5. The summed E-state index contributed by atoms with van der Waals surface area (Å²) in [5, 5.41) is 22.1. The van der Waals surface area contributed by atoms with Crippen molar-refractivity contribution in [2.24, 2.45) is 0 Å². The SMILES string of the molecule is COc1c(C(=O)/C=C(\O)c2ccc(OCc3ccccc3)cc2)c(O)cc2c1C1O[C@H](COCc3ccccc3)C[C@H](OCc3ccccc3)[C@@H]1O2. The number of aromatic hydroxyl groups is 1. The first-order valence-corrected chi connectivity index (χ1v) is 17.2. The zero-order valence-electron chi connectivity index (χ0n) is 28.7. The number of fused-ring (bicyclic) bond motifs is 3. The van der Waals surface area contributed by atoms with Crippen LogP contribution < -0.4 is 14.2 Å². The number of ketones is 1. The molecule has 2 aliphatic heterocycles. The highest BCUT2D eigenvalue weighted by molar-refractivity contribution is 6.12. The Balaban J connectivity index is 1.11. The van der Waals surface area contributed by atoms with Crippen LogP contribution in [-0.4, -0.2) is 48.0 Å². The van der Waals surface area contributed by atoms with E-state index in [2.05, 4.69) is 0 Å². The number of aliphatic hydroxyl groups is 1. The maximum Gasteiger partial charge on any atom is 0.197 e. The summed E-state index contributed by atoms with van der Waals surface area (Å²) in [7, 11) is 1.42. The van der Waals surface area contributed by atoms with E-state index in [1.165, 1.54) is 13.2 Å². The third-order valence-corrected chi connectivity index (χ3v) is 9.15. The number of ether oxygens (including phenoxy) is 6. The Kier molecular flexibility index (Phi) is 10.8. The summed E-state index contributed by atoms with van der Waals surface area (Å²) in [5.74, 6) is -0.236. The number of hydrogen-bond donors (Lipinski definition) is 2. The number of aliphatic hydroxyl groups excluding tert-OH is 1. The summed E-state index contributed by atoms with van der Waals surface area (Å²) < 4.78 is 37.2. The van der Waals surface area contributed by atoms with Gasteiger partial charge in [0.2, 0.25) is 0 Å². The highest BCUT2D eigenvalue weighted by atomic mass is 16.6. The molecular formula is C43H40O9. The Morgan fingerprint density at radius 1 is 0.827 bits per heavy atom. The molecule has 0 bridgehead atoms. The maximum atomic E-state index is 13.8. The second kappa shape index (κ2) is 16.2. The summed E-state index contributed by atoms with van der Waals surface area (Å²) in [5.41, 5.74) is 3.86. The molecule has 0 radical (unpaired) electrons. The Morgan fingerprint density at radius 3 is 2.08 bits per heavy atom. The highest BCUT2D eigenvalue weighted by Crippen LogP contribution is 2.53. The number of carbonyl (C=O) groups excluding carboxylic acids is 1. The van der Waals surface area contributed by atoms with E-state index in [1.807, 2.05) is 91.0 Å². The van der Waals surface area contributed by atoms with Gasteiger partial charge in [-0.25, -0.2) is 0 Å². The van der Waals surface area contributed by atoms with Crippen LogP contribution >= 0.6 is 0 Å². The Hall–Kier alpha value is -5.61. The van der Waals surface area contributed by atoms with E-state index in [4.69, 9.17) is 28.4 Å². The van der Waals surface area contributed by atoms with Crippen LogP contribution in [0.2, 0.25) is 0 Å². The number of rotatable bonds is 14. The molecule has 2 N–H and O–H groups in total. The number of phenols is 1. The quantitative estimate of drug-likeness (QED) is 0.0673. The molecule has 1 fully saturated rings. The average Bonchev–Trinajstić information content (AvgIpc) is 3.55. The zero-order valence-corrected chi connectivity index (χ0v) is 28.7. The van der Waals surface area contributed by atoms with E-state index in [0.717, 1.165) is 22.8 Å². The summed E-state index contributed by atoms with van der Waals surface area (Å²) in [4.78, 5) is 13.8. The zero-order chi connectivity index (χ0) is 35.9. The van der Waals surface area contributed by atoms with Gasteiger partial charge in [0.25, 0.3) is 0 Å². The van der Waals surface area contributed by atoms with Gasteiger partial charge in [0.05, 0.1) is 38.6 Å². The molecule has 9 heteroatoms. The van der Waals surface area contributed by atoms with Crippen LogP contribution in [0.25, 0.3) is 5.76 Å². The number of allylic oxidation sites excluding steroid dienone is 1. The molecule has 0 amide bonds. The van der Waals surface area contributed by atoms with Gasteiger partial charge in [-0.1, -0.05) is 91.0 Å². The monoisotopic (exact) mass is 700 g/mol. The molecule has 1 unspecified atom stereocenters. The van der Waals surface area contributed by atoms with Crippen molar-refractivity contribution in [3.05, 3.63) is 161 Å². The molecule has 4 atom stereocenters. The number of carbonyl (C=O) groups is 1. The van der Waals surface area contributed by atoms with E-state index in [0.29, 0.717) is 55.5 Å². The van der Waals surface area contributed by atoms with Crippen molar-refractivity contribution in [2.45, 2.75) is 50.7 Å². The van der Waals surface area contributed by atoms with Crippen molar-refractivity contribution in [3.8, 4) is 23.0 Å². The molecule has 0 aliphatic carbocycles. The second-order valence-electron chi connectivity index (χ2n) is 12.7. The second-order valence-corrected chi connectivity index (χ2v) is 12.7. The Bertz CT molecular complexity index is 1980. The van der Waals surface area contributed by atoms with Gasteiger partial charge in [0.15, 0.2) is 11.9 Å². The summed E-state index contributed by atoms with van der Waals surface area (Å²) in [6.07, 6.45) is -0.450. The molecule has 0 spiro atoms. The number of methoxy groups -OCH3 is 1. The van der Waals surface area contributed by atoms with E-state index in [9.17, 15) is 15.0 Å². The maximum absolute atomic E-state index is 13.8. The minimum atomic E-state index is -0.682. The Morgan fingerprint density at radius 2 is 1.44 bits per heavy atom. The number of benzene rings is 5. The Labute approximate surface area is 302 Å². The van der Waals surface area contributed by atoms with Gasteiger partial charge in [-0.3, -0.25) is 4.79 Å². The summed E-state index contributed by atoms with van der Waals surface area (Å²) in [6.45, 7) is 1.49. The lowest BCUT2D eigenvalue weighted by Gasteiger charge is -2.37. The van der Waals surface area contributed by atoms with E-state index in [1.54, 1.807) is 24.3 Å². The minimum absolute atomic E-state index is 0.105. The van der Waals surface area contributed by atoms with Crippen LogP contribution in [0.1, 0.15) is 50.7 Å². The van der Waals surface area contributed by atoms with E-state index >= 15 is 0 Å². The topological polar surface area (TPSA) is 113 Å². The standard InChI is InChI=1S/C43H40O9/c1-47-42-39(35(45)22-34(44)31-17-19-32(20-18-31)49-25-29-13-7-3-8-14-29)36(46)23-37-40(42)43-41(52-37)38(50-26-30-15-9-4-10-16-30)21-33(51-43)27-48-24-28-11-5-2-6-12-28/h2-20,22-23,33,38,41,43-44,46H,21,24-27H2,1H3/b34-22-/t33-,38-,41-,43?/m0/s1. The fourth-order valence-corrected chi connectivity index (χ4v) is 6.57. The first kappa shape index (κ1) is 34.8. The van der Waals surface area contributed by atoms with Crippen LogP contribution in [0.5, 0.6) is 23.0 Å². The molecule has 5 aromatic carbocycles. The lowest BCUT2D eigenvalue weighted by atomic mass is 9.92. The van der Waals surface area contributed by atoms with Gasteiger partial charge in [-0.2, -0.15) is 0 Å². The smallest absolute Gasteiger partial charge is 0.197 e. The van der Waals surface area contributed by atoms with Gasteiger partial charge in [0.1, 0.15) is 53.1 Å². The van der Waals surface area contributed by atoms with Crippen LogP contribution in [0, 0.1) is 0 Å². The molecule has 9 nitrogen and oxygen atoms in total. The van der Waals surface area contributed by atoms with Crippen molar-refractivity contribution in [1.29, 1.82) is 0 Å². The van der Waals surface area contributed by atoms with E-state index in [-0.39, 0.29) is 28.9 Å². The fourth-order valence-electron chi connectivity index (χ4n) is 6.57. The van der Waals surface area contributed by atoms with Gasteiger partial charge in [0, 0.05) is 24.1 Å². The van der Waals surface area contributed by atoms with Crippen LogP contribution in [0.15, 0.2) is 127 Å². The van der Waals surface area contributed by atoms with Gasteiger partial charge in [-0.15, -0.1) is 0 Å². The lowest BCUT2D eigenvalue weighted by molar-refractivity contribution is -0.182. The van der Waals surface area contributed by atoms with Crippen molar-refractivity contribution < 1.29 is 43.4 Å². The third-order valence-electron chi connectivity index (χ3n) is 9.15. The van der Waals surface area contributed by atoms with Gasteiger partial charge >= 0.3 is 0 Å². The van der Waals surface area contributed by atoms with Crippen LogP contribution in [-0.2, 0) is 34.0 Å². The molecule has 2 aliphatic rings. The molecule has 0 saturated carbocycles. The minimum Gasteiger partial charge on any atom is -0.507 e. The third kappa shape index (κ3) is 7.97. The number of phenolic OH excluding ortho intramolecular Hbond substituents is 1. The lowest BCUT2D eigenvalue weighted by Crippen LogP contribution is -2.46. The first-order valence-electron chi connectivity index (χ1n) is 17.2. The molecular weight excluding hydrogens is 660 g/mol. The van der Waals surface area contributed by atoms with Crippen LogP contribution in [0.3, 0.4) is 0 Å². The van der Waals surface area contributed by atoms with Crippen LogP contribution in [0.4, 0.5) is 0 Å². The fraction of sp³-hybridized carbons (Fsp3) is 0.233.